The molecule has 2 aliphatic heterocycles. The Morgan fingerprint density at radius 3 is 2.37 bits per heavy atom. The Kier molecular flexibility index (Phi) is 6.53. The summed E-state index contributed by atoms with van der Waals surface area (Å²) in [6.07, 6.45) is 5.84. The minimum atomic E-state index is -2.92. The highest BCUT2D eigenvalue weighted by Gasteiger charge is 2.34. The number of nitrogens with zero attached hydrogens (tertiary/aromatic N) is 4. The van der Waals surface area contributed by atoms with Crippen LogP contribution in [-0.2, 0) is 14.6 Å². The number of piperazine rings is 1. The molecule has 7 nitrogen and oxygen atoms in total. The lowest BCUT2D eigenvalue weighted by Crippen LogP contribution is -2.52. The van der Waals surface area contributed by atoms with Gasteiger partial charge in [0.1, 0.15) is 5.82 Å². The number of amides is 1. The van der Waals surface area contributed by atoms with E-state index >= 15 is 0 Å². The SMILES string of the molecule is O=C(/C=C/c1cn(-c2ccccc2)nc1-c1ccc(F)cc1)N1CCN(C2CCS(=O)(=O)C2)CC1. The zero-order valence-corrected chi connectivity index (χ0v) is 20.1. The number of sulfone groups is 1. The predicted octanol–water partition coefficient (Wildman–Crippen LogP) is 3.02. The van der Waals surface area contributed by atoms with Gasteiger partial charge >= 0.3 is 0 Å². The van der Waals surface area contributed by atoms with Crippen molar-refractivity contribution in [3.05, 3.63) is 78.3 Å². The van der Waals surface area contributed by atoms with Gasteiger partial charge in [0.2, 0.25) is 5.91 Å². The van der Waals surface area contributed by atoms with E-state index in [1.54, 1.807) is 33.9 Å². The average Bonchev–Trinajstić information content (AvgIpc) is 3.47. The fraction of sp³-hybridized carbons (Fsp3) is 0.308. The molecular formula is C26H27FN4O3S. The number of rotatable bonds is 5. The molecular weight excluding hydrogens is 467 g/mol. The van der Waals surface area contributed by atoms with Crippen LogP contribution in [0.25, 0.3) is 23.0 Å². The van der Waals surface area contributed by atoms with E-state index in [2.05, 4.69) is 4.90 Å². The van der Waals surface area contributed by atoms with Crippen LogP contribution in [0.4, 0.5) is 4.39 Å². The smallest absolute Gasteiger partial charge is 0.246 e. The Bertz CT molecular complexity index is 1330. The summed E-state index contributed by atoms with van der Waals surface area (Å²) < 4.78 is 38.8. The van der Waals surface area contributed by atoms with Gasteiger partial charge < -0.3 is 4.90 Å². The molecule has 1 amide bonds. The molecule has 3 aromatic rings. The maximum absolute atomic E-state index is 13.5. The molecule has 5 rings (SSSR count). The molecule has 9 heteroatoms. The summed E-state index contributed by atoms with van der Waals surface area (Å²) in [6.45, 7) is 2.47. The van der Waals surface area contributed by atoms with Crippen LogP contribution in [0.15, 0.2) is 66.9 Å². The summed E-state index contributed by atoms with van der Waals surface area (Å²) in [7, 11) is -2.92. The first kappa shape index (κ1) is 23.4. The average molecular weight is 495 g/mol. The quantitative estimate of drug-likeness (QED) is 0.510. The van der Waals surface area contributed by atoms with Crippen molar-refractivity contribution in [2.45, 2.75) is 12.5 Å². The van der Waals surface area contributed by atoms with E-state index in [1.807, 2.05) is 36.5 Å². The van der Waals surface area contributed by atoms with Gasteiger partial charge in [0, 0.05) is 55.6 Å². The van der Waals surface area contributed by atoms with Crippen molar-refractivity contribution >= 4 is 21.8 Å². The second-order valence-corrected chi connectivity index (χ2v) is 11.2. The normalized spacial score (nSPS) is 20.5. The van der Waals surface area contributed by atoms with Crippen molar-refractivity contribution in [3.8, 4) is 16.9 Å². The lowest BCUT2D eigenvalue weighted by atomic mass is 10.1. The van der Waals surface area contributed by atoms with Crippen LogP contribution >= 0.6 is 0 Å². The van der Waals surface area contributed by atoms with Crippen LogP contribution < -0.4 is 0 Å². The Morgan fingerprint density at radius 2 is 1.71 bits per heavy atom. The van der Waals surface area contributed by atoms with Gasteiger partial charge in [0.15, 0.2) is 9.84 Å². The highest BCUT2D eigenvalue weighted by Crippen LogP contribution is 2.25. The summed E-state index contributed by atoms with van der Waals surface area (Å²) in [5.41, 5.74) is 3.05. The number of carbonyl (C=O) groups is 1. The predicted molar refractivity (Wildman–Crippen MR) is 133 cm³/mol. The second kappa shape index (κ2) is 9.75. The van der Waals surface area contributed by atoms with Crippen molar-refractivity contribution in [3.63, 3.8) is 0 Å². The number of aromatic nitrogens is 2. The minimum Gasteiger partial charge on any atom is -0.337 e. The molecule has 1 unspecified atom stereocenters. The monoisotopic (exact) mass is 494 g/mol. The zero-order valence-electron chi connectivity index (χ0n) is 19.3. The Morgan fingerprint density at radius 1 is 1.00 bits per heavy atom. The van der Waals surface area contributed by atoms with E-state index in [4.69, 9.17) is 5.10 Å². The lowest BCUT2D eigenvalue weighted by molar-refractivity contribution is -0.127. The molecule has 2 fully saturated rings. The van der Waals surface area contributed by atoms with Crippen molar-refractivity contribution in [2.24, 2.45) is 0 Å². The molecule has 0 N–H and O–H groups in total. The molecule has 35 heavy (non-hydrogen) atoms. The van der Waals surface area contributed by atoms with Gasteiger partial charge in [-0.1, -0.05) is 18.2 Å². The number of hydrogen-bond acceptors (Lipinski definition) is 5. The molecule has 182 valence electrons. The summed E-state index contributed by atoms with van der Waals surface area (Å²) >= 11 is 0. The molecule has 0 spiro atoms. The third-order valence-electron chi connectivity index (χ3n) is 6.64. The summed E-state index contributed by atoms with van der Waals surface area (Å²) in [6, 6.07) is 15.9. The number of halogens is 1. The van der Waals surface area contributed by atoms with E-state index in [1.165, 1.54) is 12.1 Å². The Balaban J connectivity index is 1.31. The Labute approximate surface area is 204 Å². The topological polar surface area (TPSA) is 75.5 Å². The first-order valence-corrected chi connectivity index (χ1v) is 13.5. The molecule has 0 aliphatic carbocycles. The second-order valence-electron chi connectivity index (χ2n) is 8.97. The molecule has 2 aromatic carbocycles. The molecule has 0 radical (unpaired) electrons. The molecule has 0 bridgehead atoms. The van der Waals surface area contributed by atoms with E-state index in [0.717, 1.165) is 16.8 Å². The minimum absolute atomic E-state index is 0.0647. The fourth-order valence-electron chi connectivity index (χ4n) is 4.69. The van der Waals surface area contributed by atoms with Crippen LogP contribution in [0.2, 0.25) is 0 Å². The van der Waals surface area contributed by atoms with Gasteiger partial charge in [-0.3, -0.25) is 9.69 Å². The van der Waals surface area contributed by atoms with Crippen molar-refractivity contribution in [1.29, 1.82) is 0 Å². The molecule has 1 atom stereocenters. The van der Waals surface area contributed by atoms with Crippen molar-refractivity contribution in [1.82, 2.24) is 19.6 Å². The highest BCUT2D eigenvalue weighted by molar-refractivity contribution is 7.91. The largest absolute Gasteiger partial charge is 0.337 e. The van der Waals surface area contributed by atoms with Crippen molar-refractivity contribution < 1.29 is 17.6 Å². The van der Waals surface area contributed by atoms with E-state index < -0.39 is 9.84 Å². The first-order valence-electron chi connectivity index (χ1n) is 11.7. The van der Waals surface area contributed by atoms with E-state index in [-0.39, 0.29) is 29.3 Å². The zero-order chi connectivity index (χ0) is 24.4. The van der Waals surface area contributed by atoms with Gasteiger partial charge in [-0.25, -0.2) is 17.5 Å². The third kappa shape index (κ3) is 5.36. The number of hydrogen-bond donors (Lipinski definition) is 0. The maximum Gasteiger partial charge on any atom is 0.246 e. The number of benzene rings is 2. The fourth-order valence-corrected chi connectivity index (χ4v) is 6.45. The van der Waals surface area contributed by atoms with Gasteiger partial charge in [-0.2, -0.15) is 5.10 Å². The Hall–Kier alpha value is -3.30. The van der Waals surface area contributed by atoms with Crippen LogP contribution in [0.5, 0.6) is 0 Å². The van der Waals surface area contributed by atoms with Crippen LogP contribution in [0, 0.1) is 5.82 Å². The molecule has 0 saturated carbocycles. The molecule has 3 heterocycles. The summed E-state index contributed by atoms with van der Waals surface area (Å²) in [5, 5.41) is 4.70. The maximum atomic E-state index is 13.5. The third-order valence-corrected chi connectivity index (χ3v) is 8.39. The van der Waals surface area contributed by atoms with Gasteiger partial charge in [0.25, 0.3) is 0 Å². The number of carbonyl (C=O) groups excluding carboxylic acids is 1. The molecule has 1 aromatic heterocycles. The van der Waals surface area contributed by atoms with E-state index in [9.17, 15) is 17.6 Å². The number of para-hydroxylation sites is 1. The molecule has 2 saturated heterocycles. The van der Waals surface area contributed by atoms with E-state index in [0.29, 0.717) is 38.3 Å². The van der Waals surface area contributed by atoms with Gasteiger partial charge in [0.05, 0.1) is 22.9 Å². The van der Waals surface area contributed by atoms with Crippen LogP contribution in [-0.4, -0.2) is 77.6 Å². The van der Waals surface area contributed by atoms with Crippen molar-refractivity contribution in [2.75, 3.05) is 37.7 Å². The van der Waals surface area contributed by atoms with Gasteiger partial charge in [-0.15, -0.1) is 0 Å². The summed E-state index contributed by atoms with van der Waals surface area (Å²) in [4.78, 5) is 16.9. The molecule has 2 aliphatic rings. The highest BCUT2D eigenvalue weighted by atomic mass is 32.2. The standard InChI is InChI=1S/C26H27FN4O3S/c27-22-9-6-20(7-10-22)26-21(18-31(28-26)23-4-2-1-3-5-23)8-11-25(32)30-15-13-29(14-16-30)24-12-17-35(33,34)19-24/h1-11,18,24H,12-17,19H2/b11-8+. The van der Waals surface area contributed by atoms with Crippen LogP contribution in [0.3, 0.4) is 0 Å². The van der Waals surface area contributed by atoms with Gasteiger partial charge in [-0.05, 0) is 48.9 Å². The van der Waals surface area contributed by atoms with Crippen LogP contribution in [0.1, 0.15) is 12.0 Å². The summed E-state index contributed by atoms with van der Waals surface area (Å²) in [5.74, 6) is 0.0597. The first-order chi connectivity index (χ1) is 16.9. The lowest BCUT2D eigenvalue weighted by Gasteiger charge is -2.37.